The van der Waals surface area contributed by atoms with Crippen molar-refractivity contribution in [3.63, 3.8) is 0 Å². The Morgan fingerprint density at radius 3 is 2.50 bits per heavy atom. The molecule has 0 radical (unpaired) electrons. The highest BCUT2D eigenvalue weighted by molar-refractivity contribution is 5.75. The first-order valence-electron chi connectivity index (χ1n) is 6.63. The lowest BCUT2D eigenvalue weighted by atomic mass is 10.0. The molecule has 1 heterocycles. The predicted molar refractivity (Wildman–Crippen MR) is 76.7 cm³/mol. The maximum Gasteiger partial charge on any atom is 0.145 e. The van der Waals surface area contributed by atoms with Gasteiger partial charge in [-0.2, -0.15) is 0 Å². The molecule has 1 atom stereocenters. The van der Waals surface area contributed by atoms with E-state index >= 15 is 0 Å². The molecule has 0 saturated heterocycles. The van der Waals surface area contributed by atoms with Crippen LogP contribution >= 0.6 is 0 Å². The van der Waals surface area contributed by atoms with Crippen LogP contribution in [0.1, 0.15) is 33.6 Å². The Morgan fingerprint density at radius 2 is 1.78 bits per heavy atom. The first kappa shape index (κ1) is 12.8. The van der Waals surface area contributed by atoms with E-state index in [4.69, 9.17) is 0 Å². The zero-order valence-electron chi connectivity index (χ0n) is 11.4. The Morgan fingerprint density at radius 1 is 1.06 bits per heavy atom. The van der Waals surface area contributed by atoms with Gasteiger partial charge in [0.05, 0.1) is 17.2 Å². The van der Waals surface area contributed by atoms with Crippen molar-refractivity contribution in [3.8, 4) is 0 Å². The summed E-state index contributed by atoms with van der Waals surface area (Å²) in [5.41, 5.74) is 1.89. The largest absolute Gasteiger partial charge is 0.366 e. The molecule has 3 heteroatoms. The molecule has 0 fully saturated rings. The molecular formula is C15H21N3. The minimum Gasteiger partial charge on any atom is -0.366 e. The van der Waals surface area contributed by atoms with Crippen LogP contribution in [0.15, 0.2) is 30.5 Å². The van der Waals surface area contributed by atoms with Crippen LogP contribution in [-0.2, 0) is 0 Å². The van der Waals surface area contributed by atoms with Crippen molar-refractivity contribution < 1.29 is 0 Å². The summed E-state index contributed by atoms with van der Waals surface area (Å²) in [6, 6.07) is 8.38. The van der Waals surface area contributed by atoms with Crippen LogP contribution in [0.4, 0.5) is 5.82 Å². The van der Waals surface area contributed by atoms with Gasteiger partial charge in [0.15, 0.2) is 0 Å². The number of fused-ring (bicyclic) bond motifs is 1. The van der Waals surface area contributed by atoms with E-state index in [1.807, 2.05) is 30.5 Å². The second-order valence-electron chi connectivity index (χ2n) is 5.26. The Hall–Kier alpha value is -1.64. The molecule has 0 spiro atoms. The van der Waals surface area contributed by atoms with Crippen molar-refractivity contribution >= 4 is 16.9 Å². The highest BCUT2D eigenvalue weighted by Gasteiger charge is 2.05. The van der Waals surface area contributed by atoms with E-state index in [0.717, 1.165) is 29.2 Å². The van der Waals surface area contributed by atoms with Gasteiger partial charge in [-0.15, -0.1) is 0 Å². The van der Waals surface area contributed by atoms with Crippen LogP contribution in [0.2, 0.25) is 0 Å². The Balaban J connectivity index is 2.03. The van der Waals surface area contributed by atoms with Crippen LogP contribution in [0.5, 0.6) is 0 Å². The van der Waals surface area contributed by atoms with Gasteiger partial charge in [-0.25, -0.2) is 4.98 Å². The molecule has 2 rings (SSSR count). The first-order valence-corrected chi connectivity index (χ1v) is 6.63. The first-order chi connectivity index (χ1) is 8.65. The van der Waals surface area contributed by atoms with E-state index in [9.17, 15) is 0 Å². The number of benzene rings is 1. The monoisotopic (exact) mass is 243 g/mol. The number of anilines is 1. The minimum absolute atomic E-state index is 0.433. The molecular weight excluding hydrogens is 222 g/mol. The minimum atomic E-state index is 0.433. The van der Waals surface area contributed by atoms with Crippen molar-refractivity contribution in [1.29, 1.82) is 0 Å². The standard InChI is InChI=1S/C15H21N3/c1-11(2)8-9-12(3)17-15-10-16-13-6-4-5-7-14(13)18-15/h4-7,10-12H,8-9H2,1-3H3,(H,17,18). The number of hydrogen-bond acceptors (Lipinski definition) is 3. The van der Waals surface area contributed by atoms with Crippen molar-refractivity contribution in [2.45, 2.75) is 39.7 Å². The van der Waals surface area contributed by atoms with Crippen LogP contribution in [0.25, 0.3) is 11.0 Å². The number of rotatable bonds is 5. The lowest BCUT2D eigenvalue weighted by Gasteiger charge is -2.15. The van der Waals surface area contributed by atoms with Crippen LogP contribution in [0.3, 0.4) is 0 Å². The smallest absolute Gasteiger partial charge is 0.145 e. The third-order valence-electron chi connectivity index (χ3n) is 3.02. The second-order valence-corrected chi connectivity index (χ2v) is 5.26. The molecule has 0 amide bonds. The van der Waals surface area contributed by atoms with E-state index < -0.39 is 0 Å². The molecule has 1 N–H and O–H groups in total. The van der Waals surface area contributed by atoms with Gasteiger partial charge in [0.1, 0.15) is 5.82 Å². The summed E-state index contributed by atoms with van der Waals surface area (Å²) in [6.45, 7) is 6.70. The fraction of sp³-hybridized carbons (Fsp3) is 0.467. The third-order valence-corrected chi connectivity index (χ3v) is 3.02. The summed E-state index contributed by atoms with van der Waals surface area (Å²) < 4.78 is 0. The maximum atomic E-state index is 4.57. The van der Waals surface area contributed by atoms with Gasteiger partial charge in [-0.05, 0) is 37.8 Å². The topological polar surface area (TPSA) is 37.8 Å². The maximum absolute atomic E-state index is 4.57. The fourth-order valence-electron chi connectivity index (χ4n) is 1.93. The summed E-state index contributed by atoms with van der Waals surface area (Å²) in [7, 11) is 0. The summed E-state index contributed by atoms with van der Waals surface area (Å²) in [5, 5.41) is 3.42. The van der Waals surface area contributed by atoms with Crippen molar-refractivity contribution in [3.05, 3.63) is 30.5 Å². The summed E-state index contributed by atoms with van der Waals surface area (Å²) >= 11 is 0. The molecule has 1 unspecified atom stereocenters. The van der Waals surface area contributed by atoms with Gasteiger partial charge in [-0.3, -0.25) is 4.98 Å². The third kappa shape index (κ3) is 3.42. The normalized spacial score (nSPS) is 12.9. The quantitative estimate of drug-likeness (QED) is 0.866. The van der Waals surface area contributed by atoms with E-state index in [1.165, 1.54) is 6.42 Å². The summed E-state index contributed by atoms with van der Waals surface area (Å²) in [4.78, 5) is 8.97. The van der Waals surface area contributed by atoms with Gasteiger partial charge in [-0.1, -0.05) is 26.0 Å². The molecule has 2 aromatic rings. The average molecular weight is 243 g/mol. The fourth-order valence-corrected chi connectivity index (χ4v) is 1.93. The second kappa shape index (κ2) is 5.80. The van der Waals surface area contributed by atoms with Crippen LogP contribution in [-0.4, -0.2) is 16.0 Å². The van der Waals surface area contributed by atoms with Crippen LogP contribution < -0.4 is 5.32 Å². The van der Waals surface area contributed by atoms with E-state index in [2.05, 4.69) is 36.1 Å². The Labute approximate surface area is 109 Å². The molecule has 0 aliphatic rings. The van der Waals surface area contributed by atoms with E-state index in [-0.39, 0.29) is 0 Å². The zero-order chi connectivity index (χ0) is 13.0. The lowest BCUT2D eigenvalue weighted by Crippen LogP contribution is -2.16. The highest BCUT2D eigenvalue weighted by Crippen LogP contribution is 2.14. The SMILES string of the molecule is CC(C)CCC(C)Nc1cnc2ccccc2n1. The molecule has 0 aliphatic carbocycles. The zero-order valence-corrected chi connectivity index (χ0v) is 11.4. The molecule has 96 valence electrons. The lowest BCUT2D eigenvalue weighted by molar-refractivity contribution is 0.527. The molecule has 1 aromatic carbocycles. The predicted octanol–water partition coefficient (Wildman–Crippen LogP) is 3.87. The molecule has 18 heavy (non-hydrogen) atoms. The van der Waals surface area contributed by atoms with Gasteiger partial charge in [0, 0.05) is 6.04 Å². The van der Waals surface area contributed by atoms with Crippen LogP contribution in [0, 0.1) is 5.92 Å². The Bertz CT molecular complexity index is 508. The van der Waals surface area contributed by atoms with E-state index in [0.29, 0.717) is 6.04 Å². The number of nitrogens with one attached hydrogen (secondary N) is 1. The molecule has 0 saturated carbocycles. The van der Waals surface area contributed by atoms with Gasteiger partial charge >= 0.3 is 0 Å². The number of nitrogens with zero attached hydrogens (tertiary/aromatic N) is 2. The Kier molecular flexibility index (Phi) is 4.13. The number of hydrogen-bond donors (Lipinski definition) is 1. The molecule has 0 aliphatic heterocycles. The van der Waals surface area contributed by atoms with Crippen molar-refractivity contribution in [2.75, 3.05) is 5.32 Å². The summed E-state index contributed by atoms with van der Waals surface area (Å²) in [6.07, 6.45) is 4.20. The number of aromatic nitrogens is 2. The van der Waals surface area contributed by atoms with Crippen molar-refractivity contribution in [1.82, 2.24) is 9.97 Å². The highest BCUT2D eigenvalue weighted by atomic mass is 15.0. The van der Waals surface area contributed by atoms with E-state index in [1.54, 1.807) is 0 Å². The van der Waals surface area contributed by atoms with Crippen molar-refractivity contribution in [2.24, 2.45) is 5.92 Å². The van der Waals surface area contributed by atoms with Gasteiger partial charge in [0.2, 0.25) is 0 Å². The van der Waals surface area contributed by atoms with Gasteiger partial charge < -0.3 is 5.32 Å². The molecule has 1 aromatic heterocycles. The number of para-hydroxylation sites is 2. The molecule has 0 bridgehead atoms. The molecule has 3 nitrogen and oxygen atoms in total. The van der Waals surface area contributed by atoms with Gasteiger partial charge in [0.25, 0.3) is 0 Å². The average Bonchev–Trinajstić information content (AvgIpc) is 2.36. The summed E-state index contributed by atoms with van der Waals surface area (Å²) in [5.74, 6) is 1.61.